The molecule has 5 nitrogen and oxygen atoms in total. The Labute approximate surface area is 118 Å². The molecule has 0 aromatic heterocycles. The van der Waals surface area contributed by atoms with Crippen molar-refractivity contribution >= 4 is 5.97 Å². The average molecular weight is 279 g/mol. The molecule has 1 fully saturated rings. The molecule has 1 aromatic carbocycles. The molecule has 5 heteroatoms. The zero-order valence-electron chi connectivity index (χ0n) is 12.3. The van der Waals surface area contributed by atoms with Gasteiger partial charge in [-0.05, 0) is 31.2 Å². The van der Waals surface area contributed by atoms with Crippen LogP contribution in [0.1, 0.15) is 18.9 Å². The van der Waals surface area contributed by atoms with E-state index in [2.05, 4.69) is 5.32 Å². The second-order valence-corrected chi connectivity index (χ2v) is 5.55. The van der Waals surface area contributed by atoms with Gasteiger partial charge in [-0.2, -0.15) is 0 Å². The van der Waals surface area contributed by atoms with Crippen molar-refractivity contribution in [3.8, 4) is 11.5 Å². The smallest absolute Gasteiger partial charge is 0.314 e. The van der Waals surface area contributed by atoms with Crippen LogP contribution in [0.4, 0.5) is 0 Å². The lowest BCUT2D eigenvalue weighted by atomic mass is 9.86. The van der Waals surface area contributed by atoms with Gasteiger partial charge in [-0.15, -0.1) is 0 Å². The van der Waals surface area contributed by atoms with Crippen molar-refractivity contribution in [1.29, 1.82) is 0 Å². The first-order valence-corrected chi connectivity index (χ1v) is 6.55. The van der Waals surface area contributed by atoms with Gasteiger partial charge in [0.2, 0.25) is 0 Å². The van der Waals surface area contributed by atoms with E-state index in [-0.39, 0.29) is 5.41 Å². The highest BCUT2D eigenvalue weighted by atomic mass is 16.5. The van der Waals surface area contributed by atoms with Crippen LogP contribution in [0, 0.1) is 5.41 Å². The van der Waals surface area contributed by atoms with E-state index in [1.54, 1.807) is 26.4 Å². The molecule has 20 heavy (non-hydrogen) atoms. The van der Waals surface area contributed by atoms with Gasteiger partial charge in [-0.3, -0.25) is 4.79 Å². The first-order chi connectivity index (χ1) is 9.45. The van der Waals surface area contributed by atoms with Crippen LogP contribution in [-0.2, 0) is 10.2 Å². The Bertz CT molecular complexity index is 531. The lowest BCUT2D eigenvalue weighted by molar-refractivity contribution is -0.141. The van der Waals surface area contributed by atoms with Crippen molar-refractivity contribution in [3.05, 3.63) is 23.8 Å². The van der Waals surface area contributed by atoms with Gasteiger partial charge in [0.25, 0.3) is 0 Å². The Morgan fingerprint density at radius 1 is 1.35 bits per heavy atom. The van der Waals surface area contributed by atoms with E-state index in [0.29, 0.717) is 24.5 Å². The number of nitrogens with one attached hydrogen (secondary N) is 1. The van der Waals surface area contributed by atoms with Gasteiger partial charge < -0.3 is 19.9 Å². The number of ether oxygens (including phenoxy) is 2. The number of aliphatic carboxylic acids is 1. The minimum absolute atomic E-state index is 0.285. The highest BCUT2D eigenvalue weighted by Gasteiger charge is 2.70. The van der Waals surface area contributed by atoms with E-state index in [9.17, 15) is 9.90 Å². The molecule has 1 aromatic rings. The van der Waals surface area contributed by atoms with Gasteiger partial charge in [-0.1, -0.05) is 13.0 Å². The van der Waals surface area contributed by atoms with E-state index in [4.69, 9.17) is 9.47 Å². The zero-order valence-corrected chi connectivity index (χ0v) is 12.3. The first-order valence-electron chi connectivity index (χ1n) is 6.55. The zero-order chi connectivity index (χ0) is 15.0. The summed E-state index contributed by atoms with van der Waals surface area (Å²) in [5, 5.41) is 12.8. The lowest BCUT2D eigenvalue weighted by Gasteiger charge is -2.20. The molecule has 110 valence electrons. The fourth-order valence-corrected chi connectivity index (χ4v) is 3.15. The van der Waals surface area contributed by atoms with E-state index < -0.39 is 11.4 Å². The molecule has 0 spiro atoms. The number of carbonyl (C=O) groups is 1. The molecule has 2 N–H and O–H groups in total. The van der Waals surface area contributed by atoms with Crippen LogP contribution in [0.15, 0.2) is 18.2 Å². The molecule has 0 aliphatic heterocycles. The minimum Gasteiger partial charge on any atom is -0.493 e. The summed E-state index contributed by atoms with van der Waals surface area (Å²) in [6, 6.07) is 5.35. The number of rotatable bonds is 6. The Morgan fingerprint density at radius 2 is 2.00 bits per heavy atom. The fraction of sp³-hybridized carbons (Fsp3) is 0.533. The molecule has 0 unspecified atom stereocenters. The van der Waals surface area contributed by atoms with Gasteiger partial charge in [0.05, 0.1) is 14.2 Å². The van der Waals surface area contributed by atoms with Crippen LogP contribution in [-0.4, -0.2) is 38.9 Å². The van der Waals surface area contributed by atoms with Crippen LogP contribution in [0.2, 0.25) is 0 Å². The highest BCUT2D eigenvalue weighted by molar-refractivity contribution is 5.87. The van der Waals surface area contributed by atoms with Gasteiger partial charge >= 0.3 is 5.97 Å². The summed E-state index contributed by atoms with van der Waals surface area (Å²) in [6.07, 6.45) is 0.617. The number of hydrogen-bond acceptors (Lipinski definition) is 4. The second kappa shape index (κ2) is 4.98. The molecule has 0 heterocycles. The van der Waals surface area contributed by atoms with Crippen molar-refractivity contribution < 1.29 is 19.4 Å². The Balaban J connectivity index is 2.46. The van der Waals surface area contributed by atoms with Crippen molar-refractivity contribution in [1.82, 2.24) is 5.32 Å². The van der Waals surface area contributed by atoms with Crippen LogP contribution in [0.5, 0.6) is 11.5 Å². The number of methoxy groups -OCH3 is 2. The summed E-state index contributed by atoms with van der Waals surface area (Å²) in [6.45, 7) is 2.65. The quantitative estimate of drug-likeness (QED) is 0.829. The maximum Gasteiger partial charge on any atom is 0.314 e. The van der Waals surface area contributed by atoms with Crippen LogP contribution in [0.25, 0.3) is 0 Å². The minimum atomic E-state index is -0.852. The van der Waals surface area contributed by atoms with Crippen LogP contribution >= 0.6 is 0 Å². The lowest BCUT2D eigenvalue weighted by Crippen LogP contribution is -2.32. The number of hydrogen-bond donors (Lipinski definition) is 2. The normalized spacial score (nSPS) is 28.0. The Morgan fingerprint density at radius 3 is 2.50 bits per heavy atom. The maximum absolute atomic E-state index is 11.8. The molecule has 0 saturated heterocycles. The highest BCUT2D eigenvalue weighted by Crippen LogP contribution is 2.64. The van der Waals surface area contributed by atoms with E-state index in [1.807, 2.05) is 20.0 Å². The summed E-state index contributed by atoms with van der Waals surface area (Å²) >= 11 is 0. The Kier molecular flexibility index (Phi) is 3.65. The largest absolute Gasteiger partial charge is 0.493 e. The first kappa shape index (κ1) is 14.7. The van der Waals surface area contributed by atoms with Gasteiger partial charge in [0, 0.05) is 12.0 Å². The molecular formula is C15H21NO4. The summed E-state index contributed by atoms with van der Waals surface area (Å²) in [7, 11) is 4.95. The molecule has 0 bridgehead atoms. The van der Waals surface area contributed by atoms with Crippen molar-refractivity contribution in [2.45, 2.75) is 18.8 Å². The van der Waals surface area contributed by atoms with Crippen molar-refractivity contribution in [3.63, 3.8) is 0 Å². The molecule has 1 saturated carbocycles. The molecule has 1 aliphatic carbocycles. The van der Waals surface area contributed by atoms with Crippen LogP contribution < -0.4 is 14.8 Å². The molecule has 0 amide bonds. The fourth-order valence-electron chi connectivity index (χ4n) is 3.15. The summed E-state index contributed by atoms with van der Waals surface area (Å²) in [4.78, 5) is 11.8. The summed E-state index contributed by atoms with van der Waals surface area (Å²) < 4.78 is 10.5. The second-order valence-electron chi connectivity index (χ2n) is 5.55. The van der Waals surface area contributed by atoms with Crippen LogP contribution in [0.3, 0.4) is 0 Å². The summed E-state index contributed by atoms with van der Waals surface area (Å²) in [5.41, 5.74) is -0.372. The van der Waals surface area contributed by atoms with Gasteiger partial charge in [0.15, 0.2) is 11.5 Å². The van der Waals surface area contributed by atoms with E-state index in [1.165, 1.54) is 0 Å². The predicted octanol–water partition coefficient (Wildman–Crippen LogP) is 1.66. The van der Waals surface area contributed by atoms with Crippen molar-refractivity contribution in [2.75, 3.05) is 27.8 Å². The van der Waals surface area contributed by atoms with Gasteiger partial charge in [-0.25, -0.2) is 0 Å². The van der Waals surface area contributed by atoms with Gasteiger partial charge in [0.1, 0.15) is 5.41 Å². The molecule has 1 aliphatic rings. The van der Waals surface area contributed by atoms with E-state index in [0.717, 1.165) is 5.56 Å². The average Bonchev–Trinajstić information content (AvgIpc) is 3.05. The molecule has 2 rings (SSSR count). The monoisotopic (exact) mass is 279 g/mol. The SMILES string of the molecule is CNC[C@]1(C)C[C@@]1(C(=O)O)c1ccc(OC)c(OC)c1. The maximum atomic E-state index is 11.8. The Hall–Kier alpha value is -1.75. The third kappa shape index (κ3) is 1.93. The number of carboxylic acid groups (broad SMARTS) is 1. The molecule has 2 atom stereocenters. The van der Waals surface area contributed by atoms with E-state index >= 15 is 0 Å². The summed E-state index contributed by atoms with van der Waals surface area (Å²) in [5.74, 6) is 0.375. The third-order valence-corrected chi connectivity index (χ3v) is 4.37. The topological polar surface area (TPSA) is 67.8 Å². The number of benzene rings is 1. The number of carboxylic acids is 1. The molecular weight excluding hydrogens is 258 g/mol. The predicted molar refractivity (Wildman–Crippen MR) is 75.5 cm³/mol. The molecule has 0 radical (unpaired) electrons. The third-order valence-electron chi connectivity index (χ3n) is 4.37. The standard InChI is InChI=1S/C15H21NO4/c1-14(9-16-2)8-15(14,13(17)18)10-5-6-11(19-3)12(7-10)20-4/h5-7,16H,8-9H2,1-4H3,(H,17,18)/t14-,15-/m0/s1. The van der Waals surface area contributed by atoms with Crippen molar-refractivity contribution in [2.24, 2.45) is 5.41 Å².